The van der Waals surface area contributed by atoms with Gasteiger partial charge < -0.3 is 20.3 Å². The molecule has 0 amide bonds. The molecule has 0 aromatic heterocycles. The highest BCUT2D eigenvalue weighted by molar-refractivity contribution is 5.79. The predicted octanol–water partition coefficient (Wildman–Crippen LogP) is 2.34. The van der Waals surface area contributed by atoms with Crippen molar-refractivity contribution in [2.24, 2.45) is 10.9 Å². The molecule has 0 bridgehead atoms. The van der Waals surface area contributed by atoms with Gasteiger partial charge in [0.25, 0.3) is 0 Å². The molecule has 28 heavy (non-hydrogen) atoms. The molecule has 1 aromatic carbocycles. The Bertz CT molecular complexity index is 629. The molecule has 2 aliphatic rings. The van der Waals surface area contributed by atoms with E-state index in [1.807, 2.05) is 13.1 Å². The molecule has 1 aromatic rings. The molecule has 2 aliphatic heterocycles. The third kappa shape index (κ3) is 5.61. The van der Waals surface area contributed by atoms with Crippen molar-refractivity contribution >= 4 is 5.96 Å². The van der Waals surface area contributed by atoms with Crippen LogP contribution in [0.5, 0.6) is 5.75 Å². The number of nitrogens with one attached hydrogen (secondary N) is 2. The Morgan fingerprint density at radius 1 is 1.25 bits per heavy atom. The highest BCUT2D eigenvalue weighted by Gasteiger charge is 2.25. The van der Waals surface area contributed by atoms with Crippen LogP contribution in [0.15, 0.2) is 29.3 Å². The fourth-order valence-electron chi connectivity index (χ4n) is 4.38. The Kier molecular flexibility index (Phi) is 7.98. The first-order valence-corrected chi connectivity index (χ1v) is 10.8. The van der Waals surface area contributed by atoms with Gasteiger partial charge in [-0.15, -0.1) is 0 Å². The molecule has 0 saturated carbocycles. The molecule has 6 nitrogen and oxygen atoms in total. The number of rotatable bonds is 8. The van der Waals surface area contributed by atoms with Gasteiger partial charge in [-0.25, -0.2) is 0 Å². The number of hydrogen-bond donors (Lipinski definition) is 2. The van der Waals surface area contributed by atoms with Crippen molar-refractivity contribution in [3.63, 3.8) is 0 Å². The van der Waals surface area contributed by atoms with Crippen LogP contribution in [0, 0.1) is 5.92 Å². The largest absolute Gasteiger partial charge is 0.497 e. The van der Waals surface area contributed by atoms with E-state index in [1.165, 1.54) is 37.9 Å². The first-order chi connectivity index (χ1) is 13.7. The third-order valence-electron chi connectivity index (χ3n) is 6.12. The lowest BCUT2D eigenvalue weighted by atomic mass is 10.1. The molecule has 2 saturated heterocycles. The zero-order chi connectivity index (χ0) is 19.8. The molecule has 2 fully saturated rings. The zero-order valence-electron chi connectivity index (χ0n) is 17.8. The highest BCUT2D eigenvalue weighted by Crippen LogP contribution is 2.27. The van der Waals surface area contributed by atoms with Gasteiger partial charge in [0.2, 0.25) is 0 Å². The molecule has 2 atom stereocenters. The second-order valence-corrected chi connectivity index (χ2v) is 7.92. The summed E-state index contributed by atoms with van der Waals surface area (Å²) in [7, 11) is 3.59. The SMILES string of the molecule is CCN1CCC(CNC(=NC)NCC(c2cccc(OC)c2)N2CCCC2)C1. The molecule has 3 rings (SSSR count). The van der Waals surface area contributed by atoms with Crippen molar-refractivity contribution in [2.75, 3.05) is 60.0 Å². The first kappa shape index (κ1) is 20.9. The third-order valence-corrected chi connectivity index (χ3v) is 6.12. The standard InChI is InChI=1S/C22H37N5O/c1-4-26-13-10-18(17-26)15-24-22(23-2)25-16-21(27-11-5-6-12-27)19-8-7-9-20(14-19)28-3/h7-9,14,18,21H,4-6,10-13,15-17H2,1-3H3,(H2,23,24,25). The molecule has 6 heteroatoms. The summed E-state index contributed by atoms with van der Waals surface area (Å²) in [6, 6.07) is 8.81. The first-order valence-electron chi connectivity index (χ1n) is 10.8. The van der Waals surface area contributed by atoms with Crippen LogP contribution in [-0.4, -0.2) is 75.7 Å². The Balaban J connectivity index is 1.57. The van der Waals surface area contributed by atoms with E-state index < -0.39 is 0 Å². The molecule has 0 spiro atoms. The van der Waals surface area contributed by atoms with E-state index in [9.17, 15) is 0 Å². The van der Waals surface area contributed by atoms with Gasteiger partial charge >= 0.3 is 0 Å². The number of ether oxygens (including phenoxy) is 1. The maximum absolute atomic E-state index is 5.45. The minimum atomic E-state index is 0.332. The summed E-state index contributed by atoms with van der Waals surface area (Å²) in [6.45, 7) is 9.97. The number of guanidine groups is 1. The van der Waals surface area contributed by atoms with Crippen LogP contribution in [-0.2, 0) is 0 Å². The Morgan fingerprint density at radius 3 is 2.75 bits per heavy atom. The summed E-state index contributed by atoms with van der Waals surface area (Å²) in [5, 5.41) is 7.12. The van der Waals surface area contributed by atoms with Gasteiger partial charge in [0, 0.05) is 26.7 Å². The number of benzene rings is 1. The second kappa shape index (κ2) is 10.7. The van der Waals surface area contributed by atoms with Gasteiger partial charge in [-0.2, -0.15) is 0 Å². The number of nitrogens with zero attached hydrogens (tertiary/aromatic N) is 3. The van der Waals surface area contributed by atoms with Crippen molar-refractivity contribution in [1.29, 1.82) is 0 Å². The molecular formula is C22H37N5O. The minimum absolute atomic E-state index is 0.332. The summed E-state index contributed by atoms with van der Waals surface area (Å²) in [5.41, 5.74) is 1.30. The van der Waals surface area contributed by atoms with Crippen LogP contribution in [0.1, 0.15) is 37.8 Å². The average Bonchev–Trinajstić information content (AvgIpc) is 3.42. The van der Waals surface area contributed by atoms with E-state index in [1.54, 1.807) is 7.11 Å². The number of aliphatic imine (C=N–C) groups is 1. The molecule has 2 heterocycles. The van der Waals surface area contributed by atoms with E-state index in [2.05, 4.69) is 50.5 Å². The molecule has 2 N–H and O–H groups in total. The average molecular weight is 388 g/mol. The van der Waals surface area contributed by atoms with Gasteiger partial charge in [-0.1, -0.05) is 19.1 Å². The smallest absolute Gasteiger partial charge is 0.191 e. The van der Waals surface area contributed by atoms with E-state index >= 15 is 0 Å². The van der Waals surface area contributed by atoms with Gasteiger partial charge in [0.1, 0.15) is 5.75 Å². The van der Waals surface area contributed by atoms with Crippen LogP contribution in [0.3, 0.4) is 0 Å². The van der Waals surface area contributed by atoms with Crippen molar-refractivity contribution in [3.05, 3.63) is 29.8 Å². The lowest BCUT2D eigenvalue weighted by Gasteiger charge is -2.29. The second-order valence-electron chi connectivity index (χ2n) is 7.92. The number of likely N-dealkylation sites (tertiary alicyclic amines) is 2. The van der Waals surface area contributed by atoms with Gasteiger partial charge in [0.15, 0.2) is 5.96 Å². The Morgan fingerprint density at radius 2 is 2.07 bits per heavy atom. The monoisotopic (exact) mass is 387 g/mol. The zero-order valence-corrected chi connectivity index (χ0v) is 17.8. The highest BCUT2D eigenvalue weighted by atomic mass is 16.5. The van der Waals surface area contributed by atoms with E-state index in [-0.39, 0.29) is 0 Å². The van der Waals surface area contributed by atoms with E-state index in [0.29, 0.717) is 12.0 Å². The summed E-state index contributed by atoms with van der Waals surface area (Å²) in [5.74, 6) is 2.54. The van der Waals surface area contributed by atoms with E-state index in [0.717, 1.165) is 44.4 Å². The van der Waals surface area contributed by atoms with Crippen LogP contribution in [0.2, 0.25) is 0 Å². The van der Waals surface area contributed by atoms with Crippen LogP contribution in [0.4, 0.5) is 0 Å². The van der Waals surface area contributed by atoms with Crippen molar-refractivity contribution in [2.45, 2.75) is 32.2 Å². The molecule has 156 valence electrons. The Labute approximate surface area is 170 Å². The summed E-state index contributed by atoms with van der Waals surface area (Å²) >= 11 is 0. The van der Waals surface area contributed by atoms with E-state index in [4.69, 9.17) is 4.74 Å². The normalized spacial score (nSPS) is 22.4. The maximum Gasteiger partial charge on any atom is 0.191 e. The molecule has 0 aliphatic carbocycles. The fourth-order valence-corrected chi connectivity index (χ4v) is 4.38. The van der Waals surface area contributed by atoms with Gasteiger partial charge in [-0.3, -0.25) is 9.89 Å². The minimum Gasteiger partial charge on any atom is -0.497 e. The Hall–Kier alpha value is -1.79. The molecule has 0 radical (unpaired) electrons. The van der Waals surface area contributed by atoms with Crippen LogP contribution < -0.4 is 15.4 Å². The predicted molar refractivity (Wildman–Crippen MR) is 116 cm³/mol. The summed E-state index contributed by atoms with van der Waals surface area (Å²) in [4.78, 5) is 9.55. The van der Waals surface area contributed by atoms with Crippen molar-refractivity contribution < 1.29 is 4.74 Å². The summed E-state index contributed by atoms with van der Waals surface area (Å²) < 4.78 is 5.45. The van der Waals surface area contributed by atoms with Crippen LogP contribution in [0.25, 0.3) is 0 Å². The topological polar surface area (TPSA) is 52.1 Å². The number of methoxy groups -OCH3 is 1. The fraction of sp³-hybridized carbons (Fsp3) is 0.682. The van der Waals surface area contributed by atoms with Gasteiger partial charge in [0.05, 0.1) is 13.2 Å². The maximum atomic E-state index is 5.45. The van der Waals surface area contributed by atoms with Crippen molar-refractivity contribution in [1.82, 2.24) is 20.4 Å². The molecular weight excluding hydrogens is 350 g/mol. The van der Waals surface area contributed by atoms with Crippen molar-refractivity contribution in [3.8, 4) is 5.75 Å². The molecule has 2 unspecified atom stereocenters. The quantitative estimate of drug-likeness (QED) is 0.530. The lowest BCUT2D eigenvalue weighted by molar-refractivity contribution is 0.245. The summed E-state index contributed by atoms with van der Waals surface area (Å²) in [6.07, 6.45) is 3.84. The van der Waals surface area contributed by atoms with Gasteiger partial charge in [-0.05, 0) is 69.1 Å². The number of hydrogen-bond acceptors (Lipinski definition) is 4. The van der Waals surface area contributed by atoms with Crippen LogP contribution >= 0.6 is 0 Å². The lowest BCUT2D eigenvalue weighted by Crippen LogP contribution is -2.44.